The van der Waals surface area contributed by atoms with E-state index in [-0.39, 0.29) is 18.0 Å². The number of fused-ring (bicyclic) bond motifs is 1. The van der Waals surface area contributed by atoms with Crippen LogP contribution in [0.15, 0.2) is 35.3 Å². The topological polar surface area (TPSA) is 89.3 Å². The maximum atomic E-state index is 13.8. The second-order valence-corrected chi connectivity index (χ2v) is 5.67. The van der Waals surface area contributed by atoms with Crippen LogP contribution in [0.1, 0.15) is 6.92 Å². The van der Waals surface area contributed by atoms with Gasteiger partial charge in [0.25, 0.3) is 5.56 Å². The molecule has 7 nitrogen and oxygen atoms in total. The maximum Gasteiger partial charge on any atom is 0.295 e. The summed E-state index contributed by atoms with van der Waals surface area (Å²) in [5, 5.41) is 12.9. The number of ether oxygens (including phenoxy) is 1. The molecule has 136 valence electrons. The molecule has 3 aromatic rings. The molecule has 26 heavy (non-hydrogen) atoms. The number of aliphatic hydroxyl groups excluding tert-OH is 1. The van der Waals surface area contributed by atoms with Gasteiger partial charge in [-0.15, -0.1) is 0 Å². The molecule has 0 aliphatic carbocycles. The molecule has 2 heterocycles. The van der Waals surface area contributed by atoms with Crippen LogP contribution in [0.2, 0.25) is 0 Å². The largest absolute Gasteiger partial charge is 0.448 e. The number of rotatable bonds is 5. The summed E-state index contributed by atoms with van der Waals surface area (Å²) in [4.78, 5) is 21.1. The van der Waals surface area contributed by atoms with E-state index in [1.54, 1.807) is 7.05 Å². The first-order chi connectivity index (χ1) is 12.4. The van der Waals surface area contributed by atoms with Gasteiger partial charge in [-0.05, 0) is 25.1 Å². The lowest BCUT2D eigenvalue weighted by Crippen LogP contribution is -2.27. The Kier molecular flexibility index (Phi) is 4.81. The number of nitrogens with one attached hydrogen (secondary N) is 1. The van der Waals surface area contributed by atoms with Gasteiger partial charge in [-0.3, -0.25) is 9.36 Å². The minimum absolute atomic E-state index is 0.0431. The van der Waals surface area contributed by atoms with Crippen LogP contribution in [0, 0.1) is 11.6 Å². The van der Waals surface area contributed by atoms with Crippen LogP contribution in [0.25, 0.3) is 11.0 Å². The van der Waals surface area contributed by atoms with Gasteiger partial charge in [-0.2, -0.15) is 4.98 Å². The van der Waals surface area contributed by atoms with Gasteiger partial charge in [0.1, 0.15) is 11.5 Å². The number of hydrogen-bond donors (Lipinski definition) is 2. The average Bonchev–Trinajstić information content (AvgIpc) is 2.60. The number of halogens is 2. The molecule has 1 atom stereocenters. The van der Waals surface area contributed by atoms with Gasteiger partial charge in [0.15, 0.2) is 17.3 Å². The SMILES string of the molecule is CNc1ncc2cc(Oc3ccc(F)cc3F)c(=O)n(C[C@@H](C)O)c2n1. The Balaban J connectivity index is 2.16. The van der Waals surface area contributed by atoms with E-state index in [0.717, 1.165) is 12.1 Å². The molecule has 0 amide bonds. The van der Waals surface area contributed by atoms with E-state index < -0.39 is 23.3 Å². The third kappa shape index (κ3) is 3.47. The summed E-state index contributed by atoms with van der Waals surface area (Å²) in [5.41, 5.74) is -0.315. The molecule has 9 heteroatoms. The molecule has 0 radical (unpaired) electrons. The van der Waals surface area contributed by atoms with Crippen molar-refractivity contribution in [3.8, 4) is 11.5 Å². The Morgan fingerprint density at radius 3 is 2.73 bits per heavy atom. The minimum Gasteiger partial charge on any atom is -0.448 e. The lowest BCUT2D eigenvalue weighted by atomic mass is 10.3. The molecule has 0 aliphatic heterocycles. The highest BCUT2D eigenvalue weighted by Gasteiger charge is 2.16. The molecule has 0 unspecified atom stereocenters. The lowest BCUT2D eigenvalue weighted by molar-refractivity contribution is 0.173. The van der Waals surface area contributed by atoms with Gasteiger partial charge in [-0.1, -0.05) is 0 Å². The van der Waals surface area contributed by atoms with Crippen molar-refractivity contribution in [2.45, 2.75) is 19.6 Å². The molecule has 2 N–H and O–H groups in total. The number of hydrogen-bond acceptors (Lipinski definition) is 6. The van der Waals surface area contributed by atoms with Crippen molar-refractivity contribution in [3.63, 3.8) is 0 Å². The summed E-state index contributed by atoms with van der Waals surface area (Å²) in [7, 11) is 1.63. The van der Waals surface area contributed by atoms with E-state index in [1.807, 2.05) is 0 Å². The Hall–Kier alpha value is -3.07. The van der Waals surface area contributed by atoms with Gasteiger partial charge in [0, 0.05) is 24.7 Å². The third-order valence-electron chi connectivity index (χ3n) is 3.58. The molecule has 0 fully saturated rings. The number of aliphatic hydroxyl groups is 1. The van der Waals surface area contributed by atoms with Crippen LogP contribution in [0.4, 0.5) is 14.7 Å². The Morgan fingerprint density at radius 1 is 1.31 bits per heavy atom. The molecule has 0 spiro atoms. The maximum absolute atomic E-state index is 13.8. The number of benzene rings is 1. The molecule has 0 saturated heterocycles. The van der Waals surface area contributed by atoms with Gasteiger partial charge >= 0.3 is 0 Å². The summed E-state index contributed by atoms with van der Waals surface area (Å²) >= 11 is 0. The second kappa shape index (κ2) is 7.04. The van der Waals surface area contributed by atoms with Crippen LogP contribution < -0.4 is 15.6 Å². The Bertz CT molecular complexity index is 1020. The fourth-order valence-electron chi connectivity index (χ4n) is 2.44. The molecule has 3 rings (SSSR count). The van der Waals surface area contributed by atoms with Crippen LogP contribution in [-0.2, 0) is 6.54 Å². The van der Waals surface area contributed by atoms with Crippen molar-refractivity contribution in [2.75, 3.05) is 12.4 Å². The number of anilines is 1. The minimum atomic E-state index is -0.937. The van der Waals surface area contributed by atoms with Crippen LogP contribution in [-0.4, -0.2) is 32.8 Å². The van der Waals surface area contributed by atoms with Gasteiger partial charge in [-0.25, -0.2) is 13.8 Å². The lowest BCUT2D eigenvalue weighted by Gasteiger charge is -2.14. The average molecular weight is 362 g/mol. The smallest absolute Gasteiger partial charge is 0.295 e. The highest BCUT2D eigenvalue weighted by molar-refractivity contribution is 5.77. The zero-order chi connectivity index (χ0) is 18.8. The molecule has 0 aliphatic rings. The first-order valence-electron chi connectivity index (χ1n) is 7.78. The van der Waals surface area contributed by atoms with Crippen LogP contribution >= 0.6 is 0 Å². The highest BCUT2D eigenvalue weighted by Crippen LogP contribution is 2.25. The van der Waals surface area contributed by atoms with E-state index in [1.165, 1.54) is 23.8 Å². The number of pyridine rings is 1. The number of nitrogens with zero attached hydrogens (tertiary/aromatic N) is 3. The fraction of sp³-hybridized carbons (Fsp3) is 0.235. The van der Waals surface area contributed by atoms with Crippen molar-refractivity contribution >= 4 is 17.0 Å². The van der Waals surface area contributed by atoms with Gasteiger partial charge in [0.2, 0.25) is 5.95 Å². The zero-order valence-electron chi connectivity index (χ0n) is 14.0. The molecule has 0 bridgehead atoms. The van der Waals surface area contributed by atoms with Crippen molar-refractivity contribution in [1.82, 2.24) is 14.5 Å². The summed E-state index contributed by atoms with van der Waals surface area (Å²) in [6, 6.07) is 4.15. The molecule has 0 saturated carbocycles. The standard InChI is InChI=1S/C17H16F2N4O3/c1-9(24)8-23-15-10(7-21-17(20-2)22-15)5-14(16(23)25)26-13-4-3-11(18)6-12(13)19/h3-7,9,24H,8H2,1-2H3,(H,20,21,22)/t9-/m1/s1. The predicted molar refractivity (Wildman–Crippen MR) is 91.5 cm³/mol. The van der Waals surface area contributed by atoms with E-state index >= 15 is 0 Å². The van der Waals surface area contributed by atoms with Crippen LogP contribution in [0.5, 0.6) is 11.5 Å². The van der Waals surface area contributed by atoms with Gasteiger partial charge in [0.05, 0.1) is 12.6 Å². The van der Waals surface area contributed by atoms with Crippen molar-refractivity contribution in [2.24, 2.45) is 0 Å². The molecule has 1 aromatic carbocycles. The first kappa shape index (κ1) is 17.7. The fourth-order valence-corrected chi connectivity index (χ4v) is 2.44. The molecular formula is C17H16F2N4O3. The van der Waals surface area contributed by atoms with Crippen molar-refractivity contribution in [1.29, 1.82) is 0 Å². The van der Waals surface area contributed by atoms with E-state index in [4.69, 9.17) is 4.74 Å². The van der Waals surface area contributed by atoms with Crippen molar-refractivity contribution in [3.05, 3.63) is 52.5 Å². The summed E-state index contributed by atoms with van der Waals surface area (Å²) in [5.74, 6) is -1.88. The van der Waals surface area contributed by atoms with E-state index in [9.17, 15) is 18.7 Å². The zero-order valence-corrected chi connectivity index (χ0v) is 14.0. The summed E-state index contributed by atoms with van der Waals surface area (Å²) in [6.07, 6.45) is 0.640. The van der Waals surface area contributed by atoms with E-state index in [0.29, 0.717) is 23.0 Å². The predicted octanol–water partition coefficient (Wildman–Crippen LogP) is 2.28. The third-order valence-corrected chi connectivity index (χ3v) is 3.58. The highest BCUT2D eigenvalue weighted by atomic mass is 19.1. The number of aromatic nitrogens is 3. The summed E-state index contributed by atoms with van der Waals surface area (Å²) in [6.45, 7) is 1.48. The quantitative estimate of drug-likeness (QED) is 0.724. The Morgan fingerprint density at radius 2 is 2.08 bits per heavy atom. The second-order valence-electron chi connectivity index (χ2n) is 5.67. The molecular weight excluding hydrogens is 346 g/mol. The molecule has 2 aromatic heterocycles. The summed E-state index contributed by atoms with van der Waals surface area (Å²) < 4.78 is 33.5. The normalized spacial score (nSPS) is 12.2. The van der Waals surface area contributed by atoms with E-state index in [2.05, 4.69) is 15.3 Å². The Labute approximate surface area is 146 Å². The van der Waals surface area contributed by atoms with Gasteiger partial charge < -0.3 is 15.2 Å². The van der Waals surface area contributed by atoms with Crippen molar-refractivity contribution < 1.29 is 18.6 Å². The van der Waals surface area contributed by atoms with Crippen LogP contribution in [0.3, 0.4) is 0 Å². The monoisotopic (exact) mass is 362 g/mol. The first-order valence-corrected chi connectivity index (χ1v) is 7.78.